The van der Waals surface area contributed by atoms with Gasteiger partial charge in [-0.15, -0.1) is 0 Å². The van der Waals surface area contributed by atoms with Crippen LogP contribution in [0, 0.1) is 6.92 Å². The van der Waals surface area contributed by atoms with Crippen LogP contribution in [0.25, 0.3) is 10.9 Å². The Labute approximate surface area is 157 Å². The van der Waals surface area contributed by atoms with Crippen molar-refractivity contribution < 1.29 is 4.79 Å². The number of H-pyrrole nitrogens is 1. The monoisotopic (exact) mass is 361 g/mol. The first-order valence-corrected chi connectivity index (χ1v) is 9.28. The summed E-state index contributed by atoms with van der Waals surface area (Å²) >= 11 is 0. The average Bonchev–Trinajstić information content (AvgIpc) is 3.09. The van der Waals surface area contributed by atoms with Crippen LogP contribution in [0.3, 0.4) is 0 Å². The predicted octanol–water partition coefficient (Wildman–Crippen LogP) is 3.27. The number of likely N-dealkylation sites (tertiary alicyclic amines) is 1. The van der Waals surface area contributed by atoms with Crippen LogP contribution in [0.4, 0.5) is 0 Å². The molecule has 0 saturated carbocycles. The third kappa shape index (κ3) is 3.38. The van der Waals surface area contributed by atoms with E-state index in [1.165, 1.54) is 11.1 Å². The molecule has 0 spiro atoms. The number of hydrogen-bond acceptors (Lipinski definition) is 3. The van der Waals surface area contributed by atoms with Crippen LogP contribution in [0.15, 0.2) is 53.3 Å². The molecule has 1 amide bonds. The number of amides is 1. The molecule has 1 aromatic heterocycles. The highest BCUT2D eigenvalue weighted by Gasteiger charge is 2.27. The predicted molar refractivity (Wildman–Crippen MR) is 107 cm³/mol. The fourth-order valence-corrected chi connectivity index (χ4v) is 4.09. The summed E-state index contributed by atoms with van der Waals surface area (Å²) in [4.78, 5) is 29.7. The lowest BCUT2D eigenvalue weighted by Crippen LogP contribution is -2.24. The summed E-state index contributed by atoms with van der Waals surface area (Å²) in [6.07, 6.45) is 2.28. The summed E-state index contributed by atoms with van der Waals surface area (Å²) < 4.78 is 0. The van der Waals surface area contributed by atoms with Gasteiger partial charge in [-0.2, -0.15) is 0 Å². The number of nitrogens with zero attached hydrogens (tertiary/aromatic N) is 1. The highest BCUT2D eigenvalue weighted by molar-refractivity contribution is 5.96. The second kappa shape index (κ2) is 7.00. The molecule has 1 atom stereocenters. The Bertz CT molecular complexity index is 1070. The molecule has 3 N–H and O–H groups in total. The molecule has 0 radical (unpaired) electrons. The number of benzene rings is 2. The SMILES string of the molecule is Cc1ccccc1[C@H]1CCCN1Cc1cc(=O)c2cc(C(N)=O)ccc2[nH]1. The van der Waals surface area contributed by atoms with Crippen LogP contribution in [0.2, 0.25) is 0 Å². The van der Waals surface area contributed by atoms with E-state index >= 15 is 0 Å². The van der Waals surface area contributed by atoms with Crippen molar-refractivity contribution in [2.24, 2.45) is 5.73 Å². The zero-order valence-corrected chi connectivity index (χ0v) is 15.4. The molecule has 138 valence electrons. The first-order chi connectivity index (χ1) is 13.0. The maximum absolute atomic E-state index is 12.6. The topological polar surface area (TPSA) is 79.2 Å². The van der Waals surface area contributed by atoms with Crippen LogP contribution in [0.5, 0.6) is 0 Å². The van der Waals surface area contributed by atoms with Crippen molar-refractivity contribution in [3.8, 4) is 0 Å². The van der Waals surface area contributed by atoms with Gasteiger partial charge in [0.05, 0.1) is 0 Å². The molecular formula is C22H23N3O2. The van der Waals surface area contributed by atoms with Crippen LogP contribution < -0.4 is 11.2 Å². The Balaban J connectivity index is 1.65. The number of pyridine rings is 1. The van der Waals surface area contributed by atoms with Gasteiger partial charge in [0.2, 0.25) is 5.91 Å². The molecule has 2 heterocycles. The van der Waals surface area contributed by atoms with Gasteiger partial charge in [-0.1, -0.05) is 24.3 Å². The van der Waals surface area contributed by atoms with Gasteiger partial charge in [0.15, 0.2) is 5.43 Å². The first-order valence-electron chi connectivity index (χ1n) is 9.28. The molecule has 2 aromatic carbocycles. The molecule has 1 aliphatic rings. The summed E-state index contributed by atoms with van der Waals surface area (Å²) in [5, 5.41) is 0.493. The third-order valence-corrected chi connectivity index (χ3v) is 5.45. The summed E-state index contributed by atoms with van der Waals surface area (Å²) in [5.41, 5.74) is 9.87. The van der Waals surface area contributed by atoms with Crippen molar-refractivity contribution in [1.82, 2.24) is 9.88 Å². The number of aryl methyl sites for hydroxylation is 1. The molecule has 1 fully saturated rings. The Morgan fingerprint density at radius 1 is 1.22 bits per heavy atom. The van der Waals surface area contributed by atoms with E-state index in [1.807, 2.05) is 0 Å². The largest absolute Gasteiger partial charge is 0.366 e. The zero-order chi connectivity index (χ0) is 19.0. The van der Waals surface area contributed by atoms with E-state index in [4.69, 9.17) is 5.73 Å². The highest BCUT2D eigenvalue weighted by Crippen LogP contribution is 2.34. The minimum atomic E-state index is -0.529. The summed E-state index contributed by atoms with van der Waals surface area (Å²) in [6, 6.07) is 15.5. The zero-order valence-electron chi connectivity index (χ0n) is 15.4. The maximum Gasteiger partial charge on any atom is 0.248 e. The number of fused-ring (bicyclic) bond motifs is 1. The van der Waals surface area contributed by atoms with Crippen LogP contribution in [-0.4, -0.2) is 22.3 Å². The van der Waals surface area contributed by atoms with Crippen molar-refractivity contribution in [3.63, 3.8) is 0 Å². The summed E-state index contributed by atoms with van der Waals surface area (Å²) in [5.74, 6) is -0.529. The van der Waals surface area contributed by atoms with Crippen molar-refractivity contribution in [2.75, 3.05) is 6.54 Å². The molecule has 1 aliphatic heterocycles. The van der Waals surface area contributed by atoms with Gasteiger partial charge in [-0.25, -0.2) is 0 Å². The second-order valence-corrected chi connectivity index (χ2v) is 7.27. The number of nitrogens with one attached hydrogen (secondary N) is 1. The first kappa shape index (κ1) is 17.5. The standard InChI is InChI=1S/C22H23N3O2/c1-14-5-2-3-6-17(14)20-7-4-10-25(20)13-16-12-21(26)18-11-15(22(23)27)8-9-19(18)24-16/h2-3,5-6,8-9,11-12,20H,4,7,10,13H2,1H3,(H2,23,27)(H,24,26)/t20-/m1/s1. The Hall–Kier alpha value is -2.92. The molecule has 0 unspecified atom stereocenters. The van der Waals surface area contributed by atoms with Gasteiger partial charge in [0, 0.05) is 40.8 Å². The number of aromatic nitrogens is 1. The summed E-state index contributed by atoms with van der Waals surface area (Å²) in [7, 11) is 0. The minimum absolute atomic E-state index is 0.0894. The number of aromatic amines is 1. The fraction of sp³-hybridized carbons (Fsp3) is 0.273. The lowest BCUT2D eigenvalue weighted by atomic mass is 9.99. The third-order valence-electron chi connectivity index (χ3n) is 5.45. The Morgan fingerprint density at radius 2 is 2.04 bits per heavy atom. The molecular weight excluding hydrogens is 338 g/mol. The van der Waals surface area contributed by atoms with Crippen molar-refractivity contribution >= 4 is 16.8 Å². The molecule has 0 bridgehead atoms. The Morgan fingerprint density at radius 3 is 2.81 bits per heavy atom. The van der Waals surface area contributed by atoms with Crippen LogP contribution in [0.1, 0.15) is 46.1 Å². The fourth-order valence-electron chi connectivity index (χ4n) is 4.09. The molecule has 5 heteroatoms. The number of primary amides is 1. The normalized spacial score (nSPS) is 17.4. The molecule has 0 aliphatic carbocycles. The van der Waals surface area contributed by atoms with Gasteiger partial charge in [-0.3, -0.25) is 14.5 Å². The molecule has 3 aromatic rings. The van der Waals surface area contributed by atoms with E-state index in [-0.39, 0.29) is 5.43 Å². The quantitative estimate of drug-likeness (QED) is 0.748. The van der Waals surface area contributed by atoms with Gasteiger partial charge >= 0.3 is 0 Å². The van der Waals surface area contributed by atoms with E-state index < -0.39 is 5.91 Å². The number of hydrogen-bond donors (Lipinski definition) is 2. The van der Waals surface area contributed by atoms with Crippen molar-refractivity contribution in [2.45, 2.75) is 32.4 Å². The van der Waals surface area contributed by atoms with Gasteiger partial charge < -0.3 is 10.7 Å². The smallest absolute Gasteiger partial charge is 0.248 e. The van der Waals surface area contributed by atoms with E-state index in [9.17, 15) is 9.59 Å². The summed E-state index contributed by atoms with van der Waals surface area (Å²) in [6.45, 7) is 3.86. The van der Waals surface area contributed by atoms with E-state index in [0.29, 0.717) is 23.5 Å². The number of nitrogens with two attached hydrogens (primary N) is 1. The van der Waals surface area contributed by atoms with Gasteiger partial charge in [-0.05, 0) is 55.6 Å². The van der Waals surface area contributed by atoms with Crippen molar-refractivity contribution in [3.05, 3.63) is 81.1 Å². The average molecular weight is 361 g/mol. The van der Waals surface area contributed by atoms with Crippen molar-refractivity contribution in [1.29, 1.82) is 0 Å². The van der Waals surface area contributed by atoms with Crippen LogP contribution in [-0.2, 0) is 6.54 Å². The van der Waals surface area contributed by atoms with Crippen LogP contribution >= 0.6 is 0 Å². The molecule has 5 nitrogen and oxygen atoms in total. The number of carbonyl (C=O) groups excluding carboxylic acids is 1. The highest BCUT2D eigenvalue weighted by atomic mass is 16.1. The van der Waals surface area contributed by atoms with Gasteiger partial charge in [0.25, 0.3) is 0 Å². The lowest BCUT2D eigenvalue weighted by molar-refractivity contribution is 0.100. The molecule has 4 rings (SSSR count). The number of rotatable bonds is 4. The van der Waals surface area contributed by atoms with E-state index in [0.717, 1.165) is 30.6 Å². The maximum atomic E-state index is 12.6. The minimum Gasteiger partial charge on any atom is -0.366 e. The van der Waals surface area contributed by atoms with E-state index in [1.54, 1.807) is 24.3 Å². The van der Waals surface area contributed by atoms with Gasteiger partial charge in [0.1, 0.15) is 0 Å². The molecule has 1 saturated heterocycles. The number of carbonyl (C=O) groups is 1. The second-order valence-electron chi connectivity index (χ2n) is 7.27. The lowest BCUT2D eigenvalue weighted by Gasteiger charge is -2.26. The van der Waals surface area contributed by atoms with E-state index in [2.05, 4.69) is 41.1 Å². The Kier molecular flexibility index (Phi) is 4.54. The molecule has 27 heavy (non-hydrogen) atoms.